The monoisotopic (exact) mass is 789 g/mol. The average molecular weight is 790 g/mol. The number of carbonyl (C=O) groups excluding carboxylic acids is 3. The number of benzene rings is 2. The molecule has 18 heteroatoms. The van der Waals surface area contributed by atoms with Crippen molar-refractivity contribution in [2.24, 2.45) is 7.05 Å². The molecule has 0 saturated carbocycles. The number of quaternary nitrogens is 1. The summed E-state index contributed by atoms with van der Waals surface area (Å²) in [5.41, 5.74) is 1.50. The SMILES string of the molecule is Cc1nn(CCOC(F)F)c(C)c1-c1ccc(-c2cnc(C(=O)Nc3ccc(C(=O)N4CCN(C(=O)[C@@H]5C[C@@H](O)C[N+]5(C)C)CC4)c(Cl)c3)n2C)c(F)c1F. The van der Waals surface area contributed by atoms with Gasteiger partial charge < -0.3 is 34.0 Å². The van der Waals surface area contributed by atoms with E-state index in [2.05, 4.69) is 20.1 Å². The van der Waals surface area contributed by atoms with Gasteiger partial charge in [-0.25, -0.2) is 13.8 Å². The zero-order valence-corrected chi connectivity index (χ0v) is 31.7. The molecule has 0 unspecified atom stereocenters. The van der Waals surface area contributed by atoms with Gasteiger partial charge in [-0.1, -0.05) is 17.7 Å². The molecule has 2 atom stereocenters. The number of likely N-dealkylation sites (N-methyl/N-ethyl adjacent to an activating group) is 1. The van der Waals surface area contributed by atoms with Crippen molar-refractivity contribution in [1.82, 2.24) is 29.1 Å². The Kier molecular flexibility index (Phi) is 11.4. The number of nitrogens with one attached hydrogen (secondary N) is 1. The lowest BCUT2D eigenvalue weighted by Crippen LogP contribution is -2.58. The highest BCUT2D eigenvalue weighted by molar-refractivity contribution is 6.34. The molecule has 2 aromatic carbocycles. The number of nitrogens with zero attached hydrogens (tertiary/aromatic N) is 7. The van der Waals surface area contributed by atoms with Crippen molar-refractivity contribution in [2.45, 2.75) is 45.6 Å². The third-order valence-electron chi connectivity index (χ3n) is 10.4. The molecular formula is C37H42ClF4N8O5+. The van der Waals surface area contributed by atoms with Gasteiger partial charge in [-0.05, 0) is 38.1 Å². The predicted octanol–water partition coefficient (Wildman–Crippen LogP) is 4.48. The number of piperazine rings is 1. The first kappa shape index (κ1) is 39.8. The molecule has 13 nitrogen and oxygen atoms in total. The van der Waals surface area contributed by atoms with E-state index in [4.69, 9.17) is 11.6 Å². The molecule has 2 aromatic heterocycles. The maximum absolute atomic E-state index is 15.7. The minimum Gasteiger partial charge on any atom is -0.387 e. The zero-order chi connectivity index (χ0) is 39.9. The summed E-state index contributed by atoms with van der Waals surface area (Å²) in [6, 6.07) is 6.83. The number of anilines is 1. The Morgan fingerprint density at radius 3 is 2.33 bits per heavy atom. The second-order valence-corrected chi connectivity index (χ2v) is 14.8. The van der Waals surface area contributed by atoms with E-state index in [1.54, 1.807) is 23.6 Å². The number of rotatable bonds is 10. The first-order valence-corrected chi connectivity index (χ1v) is 18.0. The van der Waals surface area contributed by atoms with E-state index < -0.39 is 30.3 Å². The largest absolute Gasteiger partial charge is 0.387 e. The summed E-state index contributed by atoms with van der Waals surface area (Å²) in [7, 11) is 5.33. The van der Waals surface area contributed by atoms with Gasteiger partial charge in [-0.15, -0.1) is 0 Å². The number of hydrogen-bond acceptors (Lipinski definition) is 7. The van der Waals surface area contributed by atoms with Crippen LogP contribution in [0.3, 0.4) is 0 Å². The molecule has 2 N–H and O–H groups in total. The third kappa shape index (κ3) is 7.97. The van der Waals surface area contributed by atoms with Crippen molar-refractivity contribution in [2.75, 3.05) is 58.7 Å². The molecule has 4 aromatic rings. The molecule has 0 aliphatic carbocycles. The molecule has 3 amide bonds. The second-order valence-electron chi connectivity index (χ2n) is 14.3. The summed E-state index contributed by atoms with van der Waals surface area (Å²) >= 11 is 6.52. The lowest BCUT2D eigenvalue weighted by Gasteiger charge is -2.38. The fraction of sp³-hybridized carbons (Fsp3) is 0.432. The molecule has 2 aliphatic heterocycles. The number of aromatic nitrogens is 4. The van der Waals surface area contributed by atoms with Crippen LogP contribution in [-0.2, 0) is 23.1 Å². The van der Waals surface area contributed by atoms with Gasteiger partial charge in [0.1, 0.15) is 12.6 Å². The average Bonchev–Trinajstić information content (AvgIpc) is 3.74. The number of imidazole rings is 1. The lowest BCUT2D eigenvalue weighted by atomic mass is 10.00. The molecule has 55 heavy (non-hydrogen) atoms. The van der Waals surface area contributed by atoms with Crippen LogP contribution in [0.2, 0.25) is 5.02 Å². The number of ether oxygens (including phenoxy) is 1. The fourth-order valence-corrected chi connectivity index (χ4v) is 7.76. The smallest absolute Gasteiger partial charge is 0.345 e. The Labute approximate surface area is 319 Å². The Morgan fingerprint density at radius 2 is 1.69 bits per heavy atom. The molecule has 294 valence electrons. The number of carbonyl (C=O) groups is 3. The van der Waals surface area contributed by atoms with Crippen LogP contribution >= 0.6 is 11.6 Å². The number of aliphatic hydroxyl groups is 1. The zero-order valence-electron chi connectivity index (χ0n) is 31.0. The number of aliphatic hydroxyl groups excluding tert-OH is 1. The molecule has 2 aliphatic rings. The summed E-state index contributed by atoms with van der Waals surface area (Å²) in [6.07, 6.45) is 1.12. The highest BCUT2D eigenvalue weighted by atomic mass is 35.5. The van der Waals surface area contributed by atoms with Crippen LogP contribution < -0.4 is 5.32 Å². The number of halogens is 5. The molecule has 4 heterocycles. The van der Waals surface area contributed by atoms with E-state index in [-0.39, 0.29) is 69.9 Å². The van der Waals surface area contributed by atoms with Crippen molar-refractivity contribution in [3.8, 4) is 22.4 Å². The summed E-state index contributed by atoms with van der Waals surface area (Å²) in [5, 5.41) is 17.1. The van der Waals surface area contributed by atoms with Crippen LogP contribution in [0.4, 0.5) is 23.2 Å². The van der Waals surface area contributed by atoms with Crippen molar-refractivity contribution in [3.63, 3.8) is 0 Å². The first-order chi connectivity index (χ1) is 26.0. The van der Waals surface area contributed by atoms with Crippen LogP contribution in [-0.4, -0.2) is 129 Å². The third-order valence-corrected chi connectivity index (χ3v) is 10.7. The van der Waals surface area contributed by atoms with E-state index in [0.717, 1.165) is 0 Å². The van der Waals surface area contributed by atoms with Gasteiger partial charge in [0.15, 0.2) is 23.5 Å². The number of hydrogen-bond donors (Lipinski definition) is 2. The Bertz CT molecular complexity index is 2130. The van der Waals surface area contributed by atoms with Gasteiger partial charge in [-0.2, -0.15) is 13.9 Å². The molecule has 2 saturated heterocycles. The van der Waals surface area contributed by atoms with Gasteiger partial charge >= 0.3 is 6.61 Å². The van der Waals surface area contributed by atoms with Gasteiger partial charge in [0.2, 0.25) is 0 Å². The topological polar surface area (TPSA) is 135 Å². The number of amides is 3. The molecule has 0 radical (unpaired) electrons. The lowest BCUT2D eigenvalue weighted by molar-refractivity contribution is -0.894. The van der Waals surface area contributed by atoms with E-state index in [0.29, 0.717) is 60.6 Å². The second kappa shape index (κ2) is 15.7. The molecular weight excluding hydrogens is 748 g/mol. The normalized spacial score (nSPS) is 18.3. The standard InChI is InChI=1S/C37H41ClF4N8O5/c1-20-30(21(2)49(45-20)14-15-55-37(41)42)26-9-8-25(31(39)32(26)40)28-18-43-33(46(28)3)34(52)44-22-6-7-24(27(38)16-22)35(53)47-10-12-48(13-11-47)36(54)29-17-23(51)19-50(29,4)5/h6-9,16,18,23,29,37,51H,10-15,17,19H2,1-5H3/p+1/t23-,29+/m1/s1. The van der Waals surface area contributed by atoms with Crippen LogP contribution in [0.5, 0.6) is 0 Å². The quantitative estimate of drug-likeness (QED) is 0.179. The van der Waals surface area contributed by atoms with Gasteiger partial charge in [-0.3, -0.25) is 19.1 Å². The maximum atomic E-state index is 15.7. The van der Waals surface area contributed by atoms with Crippen LogP contribution in [0, 0.1) is 25.5 Å². The first-order valence-electron chi connectivity index (χ1n) is 17.6. The molecule has 2 fully saturated rings. The predicted molar refractivity (Wildman–Crippen MR) is 194 cm³/mol. The van der Waals surface area contributed by atoms with Crippen molar-refractivity contribution in [3.05, 3.63) is 76.0 Å². The van der Waals surface area contributed by atoms with Gasteiger partial charge in [0.25, 0.3) is 17.7 Å². The Hall–Kier alpha value is -4.84. The molecule has 6 rings (SSSR count). The number of alkyl halides is 2. The summed E-state index contributed by atoms with van der Waals surface area (Å²) < 4.78 is 63.5. The van der Waals surface area contributed by atoms with Crippen LogP contribution in [0.1, 0.15) is 38.8 Å². The fourth-order valence-electron chi connectivity index (χ4n) is 7.50. The summed E-state index contributed by atoms with van der Waals surface area (Å²) in [4.78, 5) is 47.4. The number of likely N-dealkylation sites (tertiary alicyclic amines) is 1. The minimum atomic E-state index is -2.94. The van der Waals surface area contributed by atoms with Crippen LogP contribution in [0.25, 0.3) is 22.4 Å². The number of aryl methyl sites for hydroxylation is 1. The highest BCUT2D eigenvalue weighted by Crippen LogP contribution is 2.35. The maximum Gasteiger partial charge on any atom is 0.345 e. The van der Waals surface area contributed by atoms with Gasteiger partial charge in [0.05, 0.1) is 55.4 Å². The summed E-state index contributed by atoms with van der Waals surface area (Å²) in [6.45, 7) is 1.76. The Morgan fingerprint density at radius 1 is 1.04 bits per heavy atom. The van der Waals surface area contributed by atoms with Crippen LogP contribution in [0.15, 0.2) is 36.5 Å². The summed E-state index contributed by atoms with van der Waals surface area (Å²) in [5.74, 6) is -3.49. The van der Waals surface area contributed by atoms with Gasteiger partial charge in [0, 0.05) is 67.7 Å². The highest BCUT2D eigenvalue weighted by Gasteiger charge is 2.46. The van der Waals surface area contributed by atoms with Crippen molar-refractivity contribution in [1.29, 1.82) is 0 Å². The minimum absolute atomic E-state index is 0.0119. The van der Waals surface area contributed by atoms with E-state index in [9.17, 15) is 28.3 Å². The molecule has 0 bridgehead atoms. The van der Waals surface area contributed by atoms with E-state index in [1.165, 1.54) is 52.8 Å². The van der Waals surface area contributed by atoms with Crippen molar-refractivity contribution < 1.29 is 46.3 Å². The Balaban J connectivity index is 1.10. The van der Waals surface area contributed by atoms with E-state index in [1.807, 2.05) is 14.1 Å². The van der Waals surface area contributed by atoms with Crippen molar-refractivity contribution >= 4 is 35.0 Å². The van der Waals surface area contributed by atoms with E-state index >= 15 is 8.78 Å². The molecule has 0 spiro atoms.